The second kappa shape index (κ2) is 7.26. The lowest BCUT2D eigenvalue weighted by atomic mass is 10.1. The molecule has 1 aromatic rings. The van der Waals surface area contributed by atoms with Crippen molar-refractivity contribution in [2.24, 2.45) is 0 Å². The zero-order valence-electron chi connectivity index (χ0n) is 11.7. The van der Waals surface area contributed by atoms with E-state index in [2.05, 4.69) is 17.0 Å². The average Bonchev–Trinajstić information content (AvgIpc) is 2.47. The fourth-order valence-corrected chi connectivity index (χ4v) is 2.41. The van der Waals surface area contributed by atoms with Crippen LogP contribution in [-0.4, -0.2) is 48.9 Å². The van der Waals surface area contributed by atoms with Gasteiger partial charge in [-0.05, 0) is 30.5 Å². The Hall–Kier alpha value is -1.59. The van der Waals surface area contributed by atoms with Crippen LogP contribution in [0.4, 0.5) is 0 Å². The van der Waals surface area contributed by atoms with Crippen LogP contribution in [0.15, 0.2) is 24.3 Å². The van der Waals surface area contributed by atoms with Crippen molar-refractivity contribution in [2.45, 2.75) is 25.5 Å². The molecular weight excluding hydrogens is 258 g/mol. The third-order valence-corrected chi connectivity index (χ3v) is 3.54. The van der Waals surface area contributed by atoms with Gasteiger partial charge in [-0.1, -0.05) is 12.1 Å². The van der Waals surface area contributed by atoms with Gasteiger partial charge in [-0.25, -0.2) is 4.79 Å². The number of hydrogen-bond acceptors (Lipinski definition) is 4. The van der Waals surface area contributed by atoms with E-state index in [-0.39, 0.29) is 12.7 Å². The molecule has 1 saturated heterocycles. The summed E-state index contributed by atoms with van der Waals surface area (Å²) >= 11 is 0. The minimum atomic E-state index is -0.898. The van der Waals surface area contributed by atoms with Crippen LogP contribution >= 0.6 is 0 Å². The Bertz CT molecular complexity index is 424. The van der Waals surface area contributed by atoms with E-state index in [0.29, 0.717) is 0 Å². The van der Waals surface area contributed by atoms with Gasteiger partial charge < -0.3 is 14.6 Å². The second-order valence-corrected chi connectivity index (χ2v) is 5.03. The van der Waals surface area contributed by atoms with Crippen molar-refractivity contribution in [3.05, 3.63) is 29.8 Å². The van der Waals surface area contributed by atoms with Gasteiger partial charge in [0, 0.05) is 19.6 Å². The number of carboxylic acids is 1. The summed E-state index contributed by atoms with van der Waals surface area (Å²) in [5.74, 6) is -0.0276. The van der Waals surface area contributed by atoms with Crippen LogP contribution in [0.5, 0.6) is 5.75 Å². The summed E-state index contributed by atoms with van der Waals surface area (Å²) < 4.78 is 10.5. The number of methoxy groups -OCH3 is 1. The largest absolute Gasteiger partial charge is 0.497 e. The highest BCUT2D eigenvalue weighted by Crippen LogP contribution is 2.18. The Morgan fingerprint density at radius 2 is 1.95 bits per heavy atom. The Morgan fingerprint density at radius 1 is 1.30 bits per heavy atom. The molecule has 1 fully saturated rings. The van der Waals surface area contributed by atoms with Gasteiger partial charge in [0.15, 0.2) is 0 Å². The van der Waals surface area contributed by atoms with Crippen molar-refractivity contribution in [3.63, 3.8) is 0 Å². The van der Waals surface area contributed by atoms with Crippen LogP contribution in [0.3, 0.4) is 0 Å². The van der Waals surface area contributed by atoms with E-state index in [0.717, 1.165) is 38.2 Å². The SMILES string of the molecule is COc1ccc(CN2CCC(OCC(=O)O)CC2)cc1. The molecule has 1 N–H and O–H groups in total. The quantitative estimate of drug-likeness (QED) is 0.860. The predicted molar refractivity (Wildman–Crippen MR) is 74.9 cm³/mol. The zero-order valence-corrected chi connectivity index (χ0v) is 11.7. The van der Waals surface area contributed by atoms with Crippen molar-refractivity contribution >= 4 is 5.97 Å². The summed E-state index contributed by atoms with van der Waals surface area (Å²) in [5, 5.41) is 8.59. The Kier molecular flexibility index (Phi) is 5.38. The number of piperidine rings is 1. The topological polar surface area (TPSA) is 59.0 Å². The van der Waals surface area contributed by atoms with Gasteiger partial charge in [-0.15, -0.1) is 0 Å². The van der Waals surface area contributed by atoms with E-state index in [9.17, 15) is 4.79 Å². The molecule has 1 aliphatic heterocycles. The molecular formula is C15H21NO4. The molecule has 20 heavy (non-hydrogen) atoms. The van der Waals surface area contributed by atoms with Gasteiger partial charge in [0.2, 0.25) is 0 Å². The number of benzene rings is 1. The molecule has 5 heteroatoms. The number of ether oxygens (including phenoxy) is 2. The molecule has 0 radical (unpaired) electrons. The second-order valence-electron chi connectivity index (χ2n) is 5.03. The van der Waals surface area contributed by atoms with Crippen molar-refractivity contribution in [2.75, 3.05) is 26.8 Å². The monoisotopic (exact) mass is 279 g/mol. The molecule has 0 spiro atoms. The van der Waals surface area contributed by atoms with Gasteiger partial charge in [-0.3, -0.25) is 4.90 Å². The van der Waals surface area contributed by atoms with E-state index in [1.54, 1.807) is 7.11 Å². The molecule has 0 atom stereocenters. The van der Waals surface area contributed by atoms with Crippen LogP contribution in [0.2, 0.25) is 0 Å². The first-order valence-corrected chi connectivity index (χ1v) is 6.86. The number of aliphatic carboxylic acids is 1. The highest BCUT2D eigenvalue weighted by molar-refractivity contribution is 5.68. The first kappa shape index (κ1) is 14.8. The number of rotatable bonds is 6. The van der Waals surface area contributed by atoms with Crippen molar-refractivity contribution in [1.29, 1.82) is 0 Å². The minimum Gasteiger partial charge on any atom is -0.497 e. The molecule has 0 aromatic heterocycles. The van der Waals surface area contributed by atoms with Crippen LogP contribution in [0.1, 0.15) is 18.4 Å². The van der Waals surface area contributed by atoms with Crippen molar-refractivity contribution in [1.82, 2.24) is 4.90 Å². The minimum absolute atomic E-state index is 0.0817. The third-order valence-electron chi connectivity index (χ3n) is 3.54. The number of carboxylic acid groups (broad SMARTS) is 1. The van der Waals surface area contributed by atoms with E-state index in [1.807, 2.05) is 12.1 Å². The van der Waals surface area contributed by atoms with E-state index in [4.69, 9.17) is 14.6 Å². The normalized spacial score (nSPS) is 17.1. The molecule has 2 rings (SSSR count). The number of carbonyl (C=O) groups is 1. The highest BCUT2D eigenvalue weighted by atomic mass is 16.5. The van der Waals surface area contributed by atoms with E-state index >= 15 is 0 Å². The summed E-state index contributed by atoms with van der Waals surface area (Å²) in [6, 6.07) is 8.09. The van der Waals surface area contributed by atoms with Crippen LogP contribution < -0.4 is 4.74 Å². The maximum absolute atomic E-state index is 10.5. The standard InChI is InChI=1S/C15H21NO4/c1-19-13-4-2-12(3-5-13)10-16-8-6-14(7-9-16)20-11-15(17)18/h2-5,14H,6-11H2,1H3,(H,17,18). The molecule has 1 aliphatic rings. The Balaban J connectivity index is 1.74. The lowest BCUT2D eigenvalue weighted by Gasteiger charge is -2.31. The zero-order chi connectivity index (χ0) is 14.4. The Morgan fingerprint density at radius 3 is 2.50 bits per heavy atom. The van der Waals surface area contributed by atoms with Gasteiger partial charge >= 0.3 is 5.97 Å². The first-order chi connectivity index (χ1) is 9.67. The van der Waals surface area contributed by atoms with E-state index in [1.165, 1.54) is 5.56 Å². The van der Waals surface area contributed by atoms with Gasteiger partial charge in [0.1, 0.15) is 12.4 Å². The lowest BCUT2D eigenvalue weighted by Crippen LogP contribution is -2.37. The lowest BCUT2D eigenvalue weighted by molar-refractivity contribution is -0.145. The Labute approximate surface area is 119 Å². The summed E-state index contributed by atoms with van der Waals surface area (Å²) in [7, 11) is 1.66. The van der Waals surface area contributed by atoms with Crippen LogP contribution in [0.25, 0.3) is 0 Å². The molecule has 110 valence electrons. The molecule has 0 unspecified atom stereocenters. The molecule has 1 aromatic carbocycles. The maximum Gasteiger partial charge on any atom is 0.329 e. The fraction of sp³-hybridized carbons (Fsp3) is 0.533. The predicted octanol–water partition coefficient (Wildman–Crippen LogP) is 1.76. The van der Waals surface area contributed by atoms with Gasteiger partial charge in [0.05, 0.1) is 13.2 Å². The maximum atomic E-state index is 10.5. The molecule has 1 heterocycles. The average molecular weight is 279 g/mol. The number of nitrogens with zero attached hydrogens (tertiary/aromatic N) is 1. The van der Waals surface area contributed by atoms with Crippen molar-refractivity contribution < 1.29 is 19.4 Å². The highest BCUT2D eigenvalue weighted by Gasteiger charge is 2.20. The molecule has 0 bridgehead atoms. The molecule has 0 aliphatic carbocycles. The van der Waals surface area contributed by atoms with Crippen LogP contribution in [0, 0.1) is 0 Å². The molecule has 0 amide bonds. The summed E-state index contributed by atoms with van der Waals surface area (Å²) in [6.45, 7) is 2.60. The smallest absolute Gasteiger partial charge is 0.329 e. The molecule has 5 nitrogen and oxygen atoms in total. The molecule has 0 saturated carbocycles. The third kappa shape index (κ3) is 4.51. The van der Waals surface area contributed by atoms with Crippen molar-refractivity contribution in [3.8, 4) is 5.75 Å². The summed E-state index contributed by atoms with van der Waals surface area (Å²) in [4.78, 5) is 12.8. The summed E-state index contributed by atoms with van der Waals surface area (Å²) in [5.41, 5.74) is 1.26. The first-order valence-electron chi connectivity index (χ1n) is 6.86. The summed E-state index contributed by atoms with van der Waals surface area (Å²) in [6.07, 6.45) is 1.87. The number of likely N-dealkylation sites (tertiary alicyclic amines) is 1. The van der Waals surface area contributed by atoms with Gasteiger partial charge in [-0.2, -0.15) is 0 Å². The van der Waals surface area contributed by atoms with Crippen LogP contribution in [-0.2, 0) is 16.1 Å². The number of hydrogen-bond donors (Lipinski definition) is 1. The van der Waals surface area contributed by atoms with E-state index < -0.39 is 5.97 Å². The fourth-order valence-electron chi connectivity index (χ4n) is 2.41. The van der Waals surface area contributed by atoms with Gasteiger partial charge in [0.25, 0.3) is 0 Å².